The van der Waals surface area contributed by atoms with Crippen molar-refractivity contribution in [1.29, 1.82) is 0 Å². The number of nitrogens with one attached hydrogen (secondary N) is 2. The maximum absolute atomic E-state index is 11.6. The minimum Gasteiger partial charge on any atom is -0.480 e. The molecule has 5 heteroatoms. The average molecular weight is 240 g/mol. The fourth-order valence-corrected chi connectivity index (χ4v) is 1.62. The number of carbonyl (C=O) groups excluding carboxylic acids is 1. The zero-order chi connectivity index (χ0) is 13.1. The Bertz CT molecular complexity index is 344. The first-order valence-electron chi connectivity index (χ1n) is 5.79. The Labute approximate surface area is 101 Å². The molecule has 3 N–H and O–H groups in total. The highest BCUT2D eigenvalue weighted by atomic mass is 16.4. The molecule has 0 bridgehead atoms. The lowest BCUT2D eigenvalue weighted by atomic mass is 9.96. The van der Waals surface area contributed by atoms with E-state index in [0.717, 1.165) is 18.4 Å². The van der Waals surface area contributed by atoms with Gasteiger partial charge in [-0.1, -0.05) is 11.6 Å². The normalized spacial score (nSPS) is 17.8. The van der Waals surface area contributed by atoms with Gasteiger partial charge in [-0.05, 0) is 39.5 Å². The van der Waals surface area contributed by atoms with Crippen molar-refractivity contribution in [2.24, 2.45) is 5.92 Å². The standard InChI is InChI=1S/C12H20N2O3/c1-8(2)6-7-13-11(17)14-12(3,10(15)16)9-4-5-9/h6,9H,4-5,7H2,1-3H3,(H,15,16)(H2,13,14,17). The van der Waals surface area contributed by atoms with Gasteiger partial charge < -0.3 is 15.7 Å². The predicted molar refractivity (Wildman–Crippen MR) is 64.7 cm³/mol. The van der Waals surface area contributed by atoms with Crippen molar-refractivity contribution < 1.29 is 14.7 Å². The van der Waals surface area contributed by atoms with Crippen LogP contribution in [0.3, 0.4) is 0 Å². The summed E-state index contributed by atoms with van der Waals surface area (Å²) in [5.41, 5.74) is -0.0387. The van der Waals surface area contributed by atoms with Crippen LogP contribution < -0.4 is 10.6 Å². The zero-order valence-electron chi connectivity index (χ0n) is 10.5. The maximum atomic E-state index is 11.6. The molecule has 0 heterocycles. The molecule has 1 rings (SSSR count). The Balaban J connectivity index is 2.48. The van der Waals surface area contributed by atoms with Crippen LogP contribution in [-0.4, -0.2) is 29.2 Å². The number of hydrogen-bond donors (Lipinski definition) is 3. The molecule has 0 aromatic carbocycles. The van der Waals surface area contributed by atoms with Crippen LogP contribution in [0.25, 0.3) is 0 Å². The number of amides is 2. The second kappa shape index (κ2) is 5.21. The van der Waals surface area contributed by atoms with E-state index in [9.17, 15) is 9.59 Å². The van der Waals surface area contributed by atoms with Crippen LogP contribution in [0.15, 0.2) is 11.6 Å². The number of urea groups is 1. The first-order valence-corrected chi connectivity index (χ1v) is 5.79. The number of allylic oxidation sites excluding steroid dienone is 1. The SMILES string of the molecule is CC(C)=CCNC(=O)NC(C)(C(=O)O)C1CC1. The summed E-state index contributed by atoms with van der Waals surface area (Å²) < 4.78 is 0. The molecular weight excluding hydrogens is 220 g/mol. The molecule has 1 unspecified atom stereocenters. The quantitative estimate of drug-likeness (QED) is 0.637. The number of carbonyl (C=O) groups is 2. The Hall–Kier alpha value is -1.52. The van der Waals surface area contributed by atoms with Crippen LogP contribution >= 0.6 is 0 Å². The molecule has 1 atom stereocenters. The summed E-state index contributed by atoms with van der Waals surface area (Å²) in [5.74, 6) is -0.924. The van der Waals surface area contributed by atoms with Crippen molar-refractivity contribution in [3.63, 3.8) is 0 Å². The van der Waals surface area contributed by atoms with Gasteiger partial charge in [0.1, 0.15) is 5.54 Å². The molecule has 2 amide bonds. The summed E-state index contributed by atoms with van der Waals surface area (Å²) in [6, 6.07) is -0.431. The molecule has 1 aliphatic carbocycles. The number of hydrogen-bond acceptors (Lipinski definition) is 2. The van der Waals surface area contributed by atoms with Gasteiger partial charge >= 0.3 is 12.0 Å². The van der Waals surface area contributed by atoms with Crippen molar-refractivity contribution in [3.05, 3.63) is 11.6 Å². The summed E-state index contributed by atoms with van der Waals surface area (Å²) in [6.45, 7) is 5.85. The molecule has 0 aromatic rings. The Morgan fingerprint density at radius 1 is 1.41 bits per heavy atom. The molecule has 0 aromatic heterocycles. The third kappa shape index (κ3) is 3.76. The van der Waals surface area contributed by atoms with Crippen LogP contribution in [0.1, 0.15) is 33.6 Å². The van der Waals surface area contributed by atoms with Crippen molar-refractivity contribution >= 4 is 12.0 Å². The Morgan fingerprint density at radius 3 is 2.41 bits per heavy atom. The molecule has 1 aliphatic rings. The highest BCUT2D eigenvalue weighted by Gasteiger charge is 2.48. The second-order valence-electron chi connectivity index (χ2n) is 4.90. The summed E-state index contributed by atoms with van der Waals surface area (Å²) in [6.07, 6.45) is 3.59. The molecule has 5 nitrogen and oxygen atoms in total. The molecule has 17 heavy (non-hydrogen) atoms. The van der Waals surface area contributed by atoms with E-state index in [1.165, 1.54) is 0 Å². The molecule has 1 fully saturated rings. The van der Waals surface area contributed by atoms with Crippen LogP contribution in [0.5, 0.6) is 0 Å². The zero-order valence-corrected chi connectivity index (χ0v) is 10.5. The highest BCUT2D eigenvalue weighted by molar-refractivity contribution is 5.86. The fourth-order valence-electron chi connectivity index (χ4n) is 1.62. The summed E-state index contributed by atoms with van der Waals surface area (Å²) in [4.78, 5) is 22.7. The van der Waals surface area contributed by atoms with Crippen molar-refractivity contribution in [1.82, 2.24) is 10.6 Å². The van der Waals surface area contributed by atoms with Crippen LogP contribution in [0.2, 0.25) is 0 Å². The van der Waals surface area contributed by atoms with E-state index < -0.39 is 17.5 Å². The molecule has 0 saturated heterocycles. The highest BCUT2D eigenvalue weighted by Crippen LogP contribution is 2.39. The van der Waals surface area contributed by atoms with Crippen LogP contribution in [0.4, 0.5) is 4.79 Å². The minimum atomic E-state index is -1.14. The van der Waals surface area contributed by atoms with Gasteiger partial charge in [0.05, 0.1) is 0 Å². The van der Waals surface area contributed by atoms with E-state index in [-0.39, 0.29) is 5.92 Å². The van der Waals surface area contributed by atoms with E-state index in [4.69, 9.17) is 5.11 Å². The van der Waals surface area contributed by atoms with Crippen molar-refractivity contribution in [3.8, 4) is 0 Å². The van der Waals surface area contributed by atoms with Crippen molar-refractivity contribution in [2.45, 2.75) is 39.2 Å². The lowest BCUT2D eigenvalue weighted by molar-refractivity contribution is -0.144. The van der Waals surface area contributed by atoms with E-state index in [1.54, 1.807) is 6.92 Å². The number of aliphatic carboxylic acids is 1. The number of rotatable bonds is 5. The number of carboxylic acids is 1. The largest absolute Gasteiger partial charge is 0.480 e. The minimum absolute atomic E-state index is 0.0502. The van der Waals surface area contributed by atoms with Gasteiger partial charge in [0.15, 0.2) is 0 Å². The lowest BCUT2D eigenvalue weighted by Gasteiger charge is -2.26. The lowest BCUT2D eigenvalue weighted by Crippen LogP contribution is -2.56. The molecular formula is C12H20N2O3. The topological polar surface area (TPSA) is 78.4 Å². The Morgan fingerprint density at radius 2 is 2.00 bits per heavy atom. The monoisotopic (exact) mass is 240 g/mol. The third-order valence-corrected chi connectivity index (χ3v) is 2.98. The average Bonchev–Trinajstić information content (AvgIpc) is 2.99. The van der Waals surface area contributed by atoms with Crippen LogP contribution in [0, 0.1) is 5.92 Å². The van der Waals surface area contributed by atoms with Gasteiger partial charge in [-0.2, -0.15) is 0 Å². The first kappa shape index (κ1) is 13.5. The van der Waals surface area contributed by atoms with Gasteiger partial charge in [0.25, 0.3) is 0 Å². The van der Waals surface area contributed by atoms with Crippen molar-refractivity contribution in [2.75, 3.05) is 6.54 Å². The van der Waals surface area contributed by atoms with E-state index >= 15 is 0 Å². The predicted octanol–water partition coefficient (Wildman–Crippen LogP) is 1.51. The van der Waals surface area contributed by atoms with Gasteiger partial charge in [0, 0.05) is 6.54 Å². The molecule has 0 spiro atoms. The van der Waals surface area contributed by atoms with E-state index in [1.807, 2.05) is 19.9 Å². The van der Waals surface area contributed by atoms with Gasteiger partial charge in [-0.15, -0.1) is 0 Å². The smallest absolute Gasteiger partial charge is 0.329 e. The molecule has 1 saturated carbocycles. The molecule has 0 aliphatic heterocycles. The molecule has 0 radical (unpaired) electrons. The maximum Gasteiger partial charge on any atom is 0.329 e. The van der Waals surface area contributed by atoms with E-state index in [0.29, 0.717) is 6.54 Å². The summed E-state index contributed by atoms with van der Waals surface area (Å²) >= 11 is 0. The number of carboxylic acid groups (broad SMARTS) is 1. The summed E-state index contributed by atoms with van der Waals surface area (Å²) in [7, 11) is 0. The third-order valence-electron chi connectivity index (χ3n) is 2.98. The van der Waals surface area contributed by atoms with Gasteiger partial charge in [-0.3, -0.25) is 0 Å². The second-order valence-corrected chi connectivity index (χ2v) is 4.90. The van der Waals surface area contributed by atoms with E-state index in [2.05, 4.69) is 10.6 Å². The summed E-state index contributed by atoms with van der Waals surface area (Å²) in [5, 5.41) is 14.3. The van der Waals surface area contributed by atoms with Gasteiger partial charge in [0.2, 0.25) is 0 Å². The van der Waals surface area contributed by atoms with Crippen LogP contribution in [-0.2, 0) is 4.79 Å². The first-order chi connectivity index (χ1) is 7.86. The molecule has 96 valence electrons. The fraction of sp³-hybridized carbons (Fsp3) is 0.667. The Kier molecular flexibility index (Phi) is 4.15. The van der Waals surface area contributed by atoms with Gasteiger partial charge in [-0.25, -0.2) is 9.59 Å².